The summed E-state index contributed by atoms with van der Waals surface area (Å²) >= 11 is 1.71. The van der Waals surface area contributed by atoms with Crippen LogP contribution in [0.2, 0.25) is 0 Å². The van der Waals surface area contributed by atoms with E-state index in [1.54, 1.807) is 17.4 Å². The zero-order chi connectivity index (χ0) is 14.7. The van der Waals surface area contributed by atoms with Crippen molar-refractivity contribution in [1.82, 2.24) is 10.3 Å². The molecule has 2 nitrogen and oxygen atoms in total. The summed E-state index contributed by atoms with van der Waals surface area (Å²) in [5, 5.41) is 4.63. The smallest absolute Gasteiger partial charge is 0.123 e. The molecule has 1 N–H and O–H groups in total. The van der Waals surface area contributed by atoms with Gasteiger partial charge in [-0.05, 0) is 57.0 Å². The van der Waals surface area contributed by atoms with E-state index in [1.165, 1.54) is 10.9 Å². The molecule has 1 unspecified atom stereocenters. The standard InChI is InChI=1S/C16H21FN2S/c1-5-8-18-15(16-11(3)19-12(4)20-16)14-7-6-13(17)9-10(14)2/h6-7,9,15,18H,5,8H2,1-4H3. The van der Waals surface area contributed by atoms with Crippen LogP contribution in [0.3, 0.4) is 0 Å². The van der Waals surface area contributed by atoms with E-state index in [-0.39, 0.29) is 11.9 Å². The van der Waals surface area contributed by atoms with Gasteiger partial charge in [0.2, 0.25) is 0 Å². The average molecular weight is 292 g/mol. The molecule has 20 heavy (non-hydrogen) atoms. The largest absolute Gasteiger partial charge is 0.306 e. The number of thiazole rings is 1. The van der Waals surface area contributed by atoms with E-state index in [9.17, 15) is 4.39 Å². The molecule has 1 aromatic carbocycles. The minimum atomic E-state index is -0.183. The van der Waals surface area contributed by atoms with E-state index in [4.69, 9.17) is 0 Å². The van der Waals surface area contributed by atoms with Gasteiger partial charge >= 0.3 is 0 Å². The number of aromatic nitrogens is 1. The second kappa shape index (κ2) is 6.46. The Morgan fingerprint density at radius 2 is 2.05 bits per heavy atom. The maximum atomic E-state index is 13.3. The third-order valence-electron chi connectivity index (χ3n) is 3.34. The highest BCUT2D eigenvalue weighted by atomic mass is 32.1. The van der Waals surface area contributed by atoms with E-state index in [1.807, 2.05) is 26.8 Å². The third-order valence-corrected chi connectivity index (χ3v) is 4.48. The maximum absolute atomic E-state index is 13.3. The lowest BCUT2D eigenvalue weighted by Crippen LogP contribution is -2.23. The lowest BCUT2D eigenvalue weighted by Gasteiger charge is -2.20. The molecule has 0 saturated carbocycles. The van der Waals surface area contributed by atoms with Crippen LogP contribution in [0, 0.1) is 26.6 Å². The topological polar surface area (TPSA) is 24.9 Å². The van der Waals surface area contributed by atoms with Crippen LogP contribution in [-0.2, 0) is 0 Å². The summed E-state index contributed by atoms with van der Waals surface area (Å²) in [6, 6.07) is 5.11. The normalized spacial score (nSPS) is 12.7. The number of nitrogens with zero attached hydrogens (tertiary/aromatic N) is 1. The van der Waals surface area contributed by atoms with Gasteiger partial charge in [0.1, 0.15) is 5.82 Å². The molecule has 0 radical (unpaired) electrons. The molecule has 1 heterocycles. The molecule has 108 valence electrons. The zero-order valence-electron chi connectivity index (χ0n) is 12.5. The molecule has 1 atom stereocenters. The number of benzene rings is 1. The molecule has 0 fully saturated rings. The van der Waals surface area contributed by atoms with Gasteiger partial charge in [0, 0.05) is 4.88 Å². The van der Waals surface area contributed by atoms with Crippen LogP contribution in [0.5, 0.6) is 0 Å². The van der Waals surface area contributed by atoms with E-state index < -0.39 is 0 Å². The molecular formula is C16H21FN2S. The van der Waals surface area contributed by atoms with Gasteiger partial charge in [0.05, 0.1) is 16.7 Å². The monoisotopic (exact) mass is 292 g/mol. The van der Waals surface area contributed by atoms with Gasteiger partial charge in [-0.3, -0.25) is 0 Å². The van der Waals surface area contributed by atoms with Crippen molar-refractivity contribution in [3.8, 4) is 0 Å². The lowest BCUT2D eigenvalue weighted by atomic mass is 9.99. The number of nitrogens with one attached hydrogen (secondary N) is 1. The predicted octanol–water partition coefficient (Wildman–Crippen LogP) is 4.30. The summed E-state index contributed by atoms with van der Waals surface area (Å²) in [5.74, 6) is -0.183. The van der Waals surface area contributed by atoms with Crippen LogP contribution in [0.4, 0.5) is 4.39 Å². The summed E-state index contributed by atoms with van der Waals surface area (Å²) in [6.45, 7) is 9.10. The molecule has 1 aromatic heterocycles. The van der Waals surface area contributed by atoms with Gasteiger partial charge in [-0.1, -0.05) is 13.0 Å². The summed E-state index contributed by atoms with van der Waals surface area (Å²) in [5.41, 5.74) is 3.17. The van der Waals surface area contributed by atoms with Gasteiger partial charge in [-0.15, -0.1) is 11.3 Å². The summed E-state index contributed by atoms with van der Waals surface area (Å²) in [6.07, 6.45) is 1.06. The Balaban J connectivity index is 2.44. The van der Waals surface area contributed by atoms with Crippen LogP contribution >= 0.6 is 11.3 Å². The van der Waals surface area contributed by atoms with Crippen molar-refractivity contribution in [3.63, 3.8) is 0 Å². The van der Waals surface area contributed by atoms with Crippen molar-refractivity contribution in [2.45, 2.75) is 40.2 Å². The van der Waals surface area contributed by atoms with Crippen molar-refractivity contribution < 1.29 is 4.39 Å². The van der Waals surface area contributed by atoms with Crippen molar-refractivity contribution in [3.05, 3.63) is 50.7 Å². The van der Waals surface area contributed by atoms with Crippen LogP contribution in [0.15, 0.2) is 18.2 Å². The zero-order valence-corrected chi connectivity index (χ0v) is 13.3. The van der Waals surface area contributed by atoms with E-state index >= 15 is 0 Å². The van der Waals surface area contributed by atoms with E-state index in [0.717, 1.165) is 34.8 Å². The number of hydrogen-bond donors (Lipinski definition) is 1. The first kappa shape index (κ1) is 15.1. The predicted molar refractivity (Wildman–Crippen MR) is 82.9 cm³/mol. The van der Waals surface area contributed by atoms with E-state index in [2.05, 4.69) is 17.2 Å². The van der Waals surface area contributed by atoms with Gasteiger partial charge in [-0.25, -0.2) is 9.37 Å². The second-order valence-corrected chi connectivity index (χ2v) is 6.31. The Hall–Kier alpha value is -1.26. The Morgan fingerprint density at radius 3 is 2.60 bits per heavy atom. The Kier molecular flexibility index (Phi) is 4.89. The highest BCUT2D eigenvalue weighted by Gasteiger charge is 2.20. The first-order chi connectivity index (χ1) is 9.52. The van der Waals surface area contributed by atoms with Crippen molar-refractivity contribution in [2.24, 2.45) is 0 Å². The van der Waals surface area contributed by atoms with Crippen LogP contribution in [0.25, 0.3) is 0 Å². The van der Waals surface area contributed by atoms with Gasteiger partial charge in [0.25, 0.3) is 0 Å². The molecule has 2 rings (SSSR count). The first-order valence-electron chi connectivity index (χ1n) is 6.96. The summed E-state index contributed by atoms with van der Waals surface area (Å²) in [7, 11) is 0. The quantitative estimate of drug-likeness (QED) is 0.889. The molecule has 0 aliphatic rings. The number of aryl methyl sites for hydroxylation is 3. The molecule has 0 saturated heterocycles. The first-order valence-corrected chi connectivity index (χ1v) is 7.78. The second-order valence-electron chi connectivity index (χ2n) is 5.07. The Bertz CT molecular complexity index is 592. The summed E-state index contributed by atoms with van der Waals surface area (Å²) < 4.78 is 13.3. The average Bonchev–Trinajstić information content (AvgIpc) is 2.71. The van der Waals surface area contributed by atoms with Crippen molar-refractivity contribution >= 4 is 11.3 Å². The minimum absolute atomic E-state index is 0.0988. The van der Waals surface area contributed by atoms with Crippen LogP contribution in [-0.4, -0.2) is 11.5 Å². The van der Waals surface area contributed by atoms with Gasteiger partial charge in [0.15, 0.2) is 0 Å². The number of halogens is 1. The van der Waals surface area contributed by atoms with Crippen molar-refractivity contribution in [2.75, 3.05) is 6.54 Å². The fourth-order valence-corrected chi connectivity index (χ4v) is 3.43. The number of hydrogen-bond acceptors (Lipinski definition) is 3. The molecule has 0 aliphatic heterocycles. The minimum Gasteiger partial charge on any atom is -0.306 e. The molecular weight excluding hydrogens is 271 g/mol. The maximum Gasteiger partial charge on any atom is 0.123 e. The summed E-state index contributed by atoms with van der Waals surface area (Å²) in [4.78, 5) is 5.74. The fourth-order valence-electron chi connectivity index (χ4n) is 2.41. The molecule has 0 amide bonds. The highest BCUT2D eigenvalue weighted by molar-refractivity contribution is 7.11. The number of rotatable bonds is 5. The highest BCUT2D eigenvalue weighted by Crippen LogP contribution is 2.31. The third kappa shape index (κ3) is 3.25. The van der Waals surface area contributed by atoms with Crippen LogP contribution in [0.1, 0.15) is 46.1 Å². The van der Waals surface area contributed by atoms with Gasteiger partial charge < -0.3 is 5.32 Å². The molecule has 2 aromatic rings. The van der Waals surface area contributed by atoms with Crippen molar-refractivity contribution in [1.29, 1.82) is 0 Å². The molecule has 0 bridgehead atoms. The molecule has 0 spiro atoms. The van der Waals surface area contributed by atoms with E-state index in [0.29, 0.717) is 0 Å². The van der Waals surface area contributed by atoms with Crippen LogP contribution < -0.4 is 5.32 Å². The van der Waals surface area contributed by atoms with Gasteiger partial charge in [-0.2, -0.15) is 0 Å². The Labute approximate surface area is 124 Å². The Morgan fingerprint density at radius 1 is 1.30 bits per heavy atom. The molecule has 0 aliphatic carbocycles. The lowest BCUT2D eigenvalue weighted by molar-refractivity contribution is 0.593. The SMILES string of the molecule is CCCNC(c1ccc(F)cc1C)c1sc(C)nc1C. The molecule has 4 heteroatoms. The fraction of sp³-hybridized carbons (Fsp3) is 0.438.